The number of ether oxygens (including phenoxy) is 1. The summed E-state index contributed by atoms with van der Waals surface area (Å²) in [6, 6.07) is 12.1. The maximum absolute atomic E-state index is 13.2. The molecule has 0 unspecified atom stereocenters. The first-order valence-corrected chi connectivity index (χ1v) is 12.0. The maximum Gasteiger partial charge on any atom is 0.326 e. The second-order valence-corrected chi connectivity index (χ2v) is 10.4. The molecule has 0 radical (unpaired) electrons. The number of benzene rings is 2. The SMILES string of the molecule is CC(C)(C)OC(=O)Cn1ccc2cc(C(=O)N3CCC(Cc4ccc(F)cc4)CC3)c(Cl)cc21. The van der Waals surface area contributed by atoms with Crippen LogP contribution in [0.2, 0.25) is 5.02 Å². The van der Waals surface area contributed by atoms with Crippen molar-refractivity contribution in [2.24, 2.45) is 5.92 Å². The predicted octanol–water partition coefficient (Wildman–Crippen LogP) is 5.87. The number of piperidine rings is 1. The van der Waals surface area contributed by atoms with Crippen molar-refractivity contribution in [3.63, 3.8) is 0 Å². The monoisotopic (exact) mass is 484 g/mol. The van der Waals surface area contributed by atoms with Crippen molar-refractivity contribution >= 4 is 34.4 Å². The van der Waals surface area contributed by atoms with E-state index < -0.39 is 5.60 Å². The molecule has 2 heterocycles. The third-order valence-electron chi connectivity index (χ3n) is 6.15. The zero-order valence-electron chi connectivity index (χ0n) is 19.8. The van der Waals surface area contributed by atoms with Gasteiger partial charge in [0.1, 0.15) is 18.0 Å². The van der Waals surface area contributed by atoms with Crippen molar-refractivity contribution in [3.05, 3.63) is 70.6 Å². The molecule has 0 atom stereocenters. The summed E-state index contributed by atoms with van der Waals surface area (Å²) in [5.41, 5.74) is 1.83. The molecule has 1 aliphatic heterocycles. The third kappa shape index (κ3) is 5.79. The largest absolute Gasteiger partial charge is 0.459 e. The number of halogens is 2. The Balaban J connectivity index is 1.41. The van der Waals surface area contributed by atoms with Gasteiger partial charge in [-0.2, -0.15) is 0 Å². The summed E-state index contributed by atoms with van der Waals surface area (Å²) in [6.07, 6.45) is 4.49. The summed E-state index contributed by atoms with van der Waals surface area (Å²) < 4.78 is 20.3. The molecule has 3 aromatic rings. The molecule has 0 N–H and O–H groups in total. The minimum absolute atomic E-state index is 0.0754. The number of aromatic nitrogens is 1. The molecule has 2 aromatic carbocycles. The van der Waals surface area contributed by atoms with Crippen LogP contribution in [-0.4, -0.2) is 40.0 Å². The number of carbonyl (C=O) groups is 2. The van der Waals surface area contributed by atoms with E-state index in [-0.39, 0.29) is 24.2 Å². The average molecular weight is 485 g/mol. The van der Waals surface area contributed by atoms with Crippen LogP contribution >= 0.6 is 11.6 Å². The van der Waals surface area contributed by atoms with Gasteiger partial charge in [0, 0.05) is 24.7 Å². The normalized spacial score (nSPS) is 15.0. The van der Waals surface area contributed by atoms with Crippen molar-refractivity contribution in [3.8, 4) is 0 Å². The molecule has 4 rings (SSSR count). The lowest BCUT2D eigenvalue weighted by Crippen LogP contribution is -2.39. The summed E-state index contributed by atoms with van der Waals surface area (Å²) >= 11 is 6.53. The Morgan fingerprint density at radius 1 is 1.09 bits per heavy atom. The summed E-state index contributed by atoms with van der Waals surface area (Å²) in [7, 11) is 0. The Morgan fingerprint density at radius 2 is 1.76 bits per heavy atom. The molecule has 1 aliphatic rings. The number of carbonyl (C=O) groups excluding carboxylic acids is 2. The number of hydrogen-bond donors (Lipinski definition) is 0. The lowest BCUT2D eigenvalue weighted by molar-refractivity contribution is -0.155. The first-order chi connectivity index (χ1) is 16.1. The van der Waals surface area contributed by atoms with Gasteiger partial charge >= 0.3 is 5.97 Å². The lowest BCUT2D eigenvalue weighted by atomic mass is 9.90. The number of nitrogens with zero attached hydrogens (tertiary/aromatic N) is 2. The van der Waals surface area contributed by atoms with E-state index in [9.17, 15) is 14.0 Å². The van der Waals surface area contributed by atoms with Gasteiger partial charge in [0.05, 0.1) is 16.1 Å². The lowest BCUT2D eigenvalue weighted by Gasteiger charge is -2.32. The Hall–Kier alpha value is -2.86. The highest BCUT2D eigenvalue weighted by molar-refractivity contribution is 6.34. The number of esters is 1. The first-order valence-electron chi connectivity index (χ1n) is 11.6. The molecule has 1 fully saturated rings. The van der Waals surface area contributed by atoms with Crippen LogP contribution in [0, 0.1) is 11.7 Å². The van der Waals surface area contributed by atoms with E-state index in [0.717, 1.165) is 35.7 Å². The Labute approximate surface area is 204 Å². The zero-order chi connectivity index (χ0) is 24.5. The fourth-order valence-corrected chi connectivity index (χ4v) is 4.73. The highest BCUT2D eigenvalue weighted by Gasteiger charge is 2.26. The molecule has 1 aromatic heterocycles. The van der Waals surface area contributed by atoms with Crippen LogP contribution in [0.1, 0.15) is 49.5 Å². The van der Waals surface area contributed by atoms with Gasteiger partial charge in [-0.25, -0.2) is 4.39 Å². The van der Waals surface area contributed by atoms with Crippen molar-refractivity contribution in [1.29, 1.82) is 0 Å². The molecular formula is C27H30ClFN2O3. The molecule has 180 valence electrons. The van der Waals surface area contributed by atoms with Crippen LogP contribution in [-0.2, 0) is 22.5 Å². The topological polar surface area (TPSA) is 51.5 Å². The number of amides is 1. The van der Waals surface area contributed by atoms with Gasteiger partial charge in [-0.3, -0.25) is 9.59 Å². The van der Waals surface area contributed by atoms with E-state index in [2.05, 4.69) is 0 Å². The van der Waals surface area contributed by atoms with Gasteiger partial charge < -0.3 is 14.2 Å². The quantitative estimate of drug-likeness (QED) is 0.425. The Morgan fingerprint density at radius 3 is 2.41 bits per heavy atom. The number of hydrogen-bond acceptors (Lipinski definition) is 3. The predicted molar refractivity (Wildman–Crippen MR) is 132 cm³/mol. The second-order valence-electron chi connectivity index (χ2n) is 9.99. The second kappa shape index (κ2) is 9.79. The average Bonchev–Trinajstić information content (AvgIpc) is 3.15. The van der Waals surface area contributed by atoms with E-state index in [1.165, 1.54) is 12.1 Å². The highest BCUT2D eigenvalue weighted by atomic mass is 35.5. The van der Waals surface area contributed by atoms with Gasteiger partial charge in [0.2, 0.25) is 0 Å². The van der Waals surface area contributed by atoms with Crippen LogP contribution in [0.25, 0.3) is 10.9 Å². The van der Waals surface area contributed by atoms with E-state index >= 15 is 0 Å². The van der Waals surface area contributed by atoms with Crippen molar-refractivity contribution in [2.75, 3.05) is 13.1 Å². The van der Waals surface area contributed by atoms with Crippen molar-refractivity contribution in [1.82, 2.24) is 9.47 Å². The molecule has 0 aliphatic carbocycles. The van der Waals surface area contributed by atoms with Crippen LogP contribution in [0.15, 0.2) is 48.7 Å². The van der Waals surface area contributed by atoms with Crippen molar-refractivity contribution in [2.45, 2.75) is 52.2 Å². The van der Waals surface area contributed by atoms with Gasteiger partial charge in [-0.1, -0.05) is 23.7 Å². The molecule has 1 amide bonds. The smallest absolute Gasteiger partial charge is 0.326 e. The zero-order valence-corrected chi connectivity index (χ0v) is 20.6. The summed E-state index contributed by atoms with van der Waals surface area (Å²) in [5.74, 6) is -0.163. The van der Waals surface area contributed by atoms with Crippen LogP contribution in [0.4, 0.5) is 4.39 Å². The Kier molecular flexibility index (Phi) is 6.99. The van der Waals surface area contributed by atoms with Gasteiger partial charge in [-0.05, 0) is 81.8 Å². The molecule has 5 nitrogen and oxygen atoms in total. The number of fused-ring (bicyclic) bond motifs is 1. The molecule has 0 spiro atoms. The van der Waals surface area contributed by atoms with Crippen LogP contribution < -0.4 is 0 Å². The van der Waals surface area contributed by atoms with Crippen molar-refractivity contribution < 1.29 is 18.7 Å². The minimum Gasteiger partial charge on any atom is -0.459 e. The summed E-state index contributed by atoms with van der Waals surface area (Å²) in [6.45, 7) is 6.90. The number of rotatable bonds is 5. The van der Waals surface area contributed by atoms with Crippen LogP contribution in [0.5, 0.6) is 0 Å². The van der Waals surface area contributed by atoms with Gasteiger partial charge in [0.15, 0.2) is 0 Å². The van der Waals surface area contributed by atoms with E-state index in [0.29, 0.717) is 29.6 Å². The van der Waals surface area contributed by atoms with Gasteiger partial charge in [-0.15, -0.1) is 0 Å². The summed E-state index contributed by atoms with van der Waals surface area (Å²) in [5, 5.41) is 1.22. The molecule has 0 bridgehead atoms. The third-order valence-corrected chi connectivity index (χ3v) is 6.46. The first kappa shape index (κ1) is 24.3. The maximum atomic E-state index is 13.2. The van der Waals surface area contributed by atoms with E-state index in [1.807, 2.05) is 43.9 Å². The van der Waals surface area contributed by atoms with Gasteiger partial charge in [0.25, 0.3) is 5.91 Å². The fourth-order valence-electron chi connectivity index (χ4n) is 4.49. The van der Waals surface area contributed by atoms with E-state index in [4.69, 9.17) is 16.3 Å². The Bertz CT molecular complexity index is 1190. The van der Waals surface area contributed by atoms with Crippen LogP contribution in [0.3, 0.4) is 0 Å². The minimum atomic E-state index is -0.552. The number of likely N-dealkylation sites (tertiary alicyclic amines) is 1. The molecule has 1 saturated heterocycles. The molecule has 7 heteroatoms. The van der Waals surface area contributed by atoms with E-state index in [1.54, 1.807) is 22.9 Å². The standard InChI is InChI=1S/C27H30ClFN2O3/c1-27(2,3)34-25(32)17-31-13-10-20-15-22(23(28)16-24(20)31)26(33)30-11-8-19(9-12-30)14-18-4-6-21(29)7-5-18/h4-7,10,13,15-16,19H,8-9,11-12,14,17H2,1-3H3. The highest BCUT2D eigenvalue weighted by Crippen LogP contribution is 2.29. The fraction of sp³-hybridized carbons (Fsp3) is 0.407. The molecule has 0 saturated carbocycles. The summed E-state index contributed by atoms with van der Waals surface area (Å²) in [4.78, 5) is 27.3. The molecular weight excluding hydrogens is 455 g/mol. The molecule has 34 heavy (non-hydrogen) atoms.